The third-order valence-corrected chi connectivity index (χ3v) is 8.40. The molecule has 0 saturated heterocycles. The molecule has 1 spiro atoms. The third kappa shape index (κ3) is 4.33. The molecule has 0 atom stereocenters. The molecule has 0 radical (unpaired) electrons. The maximum atomic E-state index is 14.1. The van der Waals surface area contributed by atoms with E-state index >= 15 is 0 Å². The van der Waals surface area contributed by atoms with Crippen molar-refractivity contribution in [1.82, 2.24) is 9.80 Å². The Balaban J connectivity index is 1.70. The number of rotatable bonds is 2. The smallest absolute Gasteiger partial charge is 0.260 e. The molecule has 32 heavy (non-hydrogen) atoms. The van der Waals surface area contributed by atoms with Crippen molar-refractivity contribution in [3.63, 3.8) is 0 Å². The molecule has 2 fully saturated rings. The lowest BCUT2D eigenvalue weighted by Gasteiger charge is -2.52. The summed E-state index contributed by atoms with van der Waals surface area (Å²) in [5, 5.41) is 0.803. The molecule has 1 heterocycles. The number of halogens is 2. The SMILES string of the molecule is CC(C)(C)C1CCC2(CC1)C(=O)N(C1CCCCC1)C=CN2C(=O)c1ccc(Cl)cc1Cl. The maximum absolute atomic E-state index is 14.1. The Morgan fingerprint density at radius 2 is 1.66 bits per heavy atom. The Morgan fingerprint density at radius 3 is 2.25 bits per heavy atom. The Kier molecular flexibility index (Phi) is 6.66. The van der Waals surface area contributed by atoms with Gasteiger partial charge in [-0.05, 0) is 68.1 Å². The molecule has 2 aliphatic carbocycles. The Bertz CT molecular complexity index is 907. The summed E-state index contributed by atoms with van der Waals surface area (Å²) in [4.78, 5) is 31.4. The summed E-state index contributed by atoms with van der Waals surface area (Å²) in [7, 11) is 0. The zero-order valence-corrected chi connectivity index (χ0v) is 20.9. The first-order valence-electron chi connectivity index (χ1n) is 11.9. The van der Waals surface area contributed by atoms with Crippen molar-refractivity contribution in [3.05, 3.63) is 46.2 Å². The number of hydrogen-bond acceptors (Lipinski definition) is 2. The molecule has 6 heteroatoms. The lowest BCUT2D eigenvalue weighted by atomic mass is 9.66. The molecule has 1 aromatic rings. The molecule has 0 aromatic heterocycles. The maximum Gasteiger partial charge on any atom is 0.260 e. The average Bonchev–Trinajstić information content (AvgIpc) is 2.75. The molecule has 0 bridgehead atoms. The van der Waals surface area contributed by atoms with Crippen molar-refractivity contribution in [3.8, 4) is 0 Å². The van der Waals surface area contributed by atoms with Crippen molar-refractivity contribution in [2.24, 2.45) is 11.3 Å². The normalized spacial score (nSPS) is 27.3. The predicted molar refractivity (Wildman–Crippen MR) is 130 cm³/mol. The summed E-state index contributed by atoms with van der Waals surface area (Å²) >= 11 is 12.4. The van der Waals surface area contributed by atoms with E-state index in [2.05, 4.69) is 20.8 Å². The van der Waals surface area contributed by atoms with E-state index in [0.717, 1.165) is 38.5 Å². The zero-order valence-electron chi connectivity index (χ0n) is 19.4. The fraction of sp³-hybridized carbons (Fsp3) is 0.615. The first-order chi connectivity index (χ1) is 15.1. The first-order valence-corrected chi connectivity index (χ1v) is 12.7. The van der Waals surface area contributed by atoms with E-state index < -0.39 is 5.54 Å². The molecular formula is C26H34Cl2N2O2. The second-order valence-electron chi connectivity index (χ2n) is 10.8. The highest BCUT2D eigenvalue weighted by atomic mass is 35.5. The fourth-order valence-electron chi connectivity index (χ4n) is 5.81. The van der Waals surface area contributed by atoms with Gasteiger partial charge in [0.15, 0.2) is 0 Å². The standard InChI is InChI=1S/C26H34Cl2N2O2/c1-25(2,3)18-11-13-26(14-12-18)24(32)29(20-7-5-4-6-8-20)15-16-30(26)23(31)21-10-9-19(27)17-22(21)28/h9-10,15-18,20H,4-8,11-14H2,1-3H3. The van der Waals surface area contributed by atoms with Gasteiger partial charge in [-0.2, -0.15) is 0 Å². The molecule has 2 amide bonds. The van der Waals surface area contributed by atoms with E-state index in [1.54, 1.807) is 23.1 Å². The van der Waals surface area contributed by atoms with E-state index in [4.69, 9.17) is 23.2 Å². The van der Waals surface area contributed by atoms with E-state index in [9.17, 15) is 9.59 Å². The van der Waals surface area contributed by atoms with Crippen LogP contribution in [0.3, 0.4) is 0 Å². The van der Waals surface area contributed by atoms with Crippen LogP contribution in [0.25, 0.3) is 0 Å². The van der Waals surface area contributed by atoms with Gasteiger partial charge in [-0.1, -0.05) is 63.2 Å². The van der Waals surface area contributed by atoms with Crippen LogP contribution in [0.15, 0.2) is 30.6 Å². The van der Waals surface area contributed by atoms with Crippen molar-refractivity contribution >= 4 is 35.0 Å². The van der Waals surface area contributed by atoms with Crippen LogP contribution in [-0.4, -0.2) is 33.2 Å². The van der Waals surface area contributed by atoms with Gasteiger partial charge in [0.05, 0.1) is 10.6 Å². The Hall–Kier alpha value is -1.52. The quantitative estimate of drug-likeness (QED) is 0.458. The highest BCUT2D eigenvalue weighted by molar-refractivity contribution is 6.36. The van der Waals surface area contributed by atoms with Crippen LogP contribution >= 0.6 is 23.2 Å². The average molecular weight is 477 g/mol. The molecular weight excluding hydrogens is 443 g/mol. The number of carbonyl (C=O) groups is 2. The molecule has 3 aliphatic rings. The van der Waals surface area contributed by atoms with Crippen molar-refractivity contribution < 1.29 is 9.59 Å². The summed E-state index contributed by atoms with van der Waals surface area (Å²) in [6, 6.07) is 5.16. The second kappa shape index (κ2) is 9.02. The monoisotopic (exact) mass is 476 g/mol. The zero-order chi connectivity index (χ0) is 23.1. The Morgan fingerprint density at radius 1 is 1.00 bits per heavy atom. The van der Waals surface area contributed by atoms with Gasteiger partial charge in [0.1, 0.15) is 5.54 Å². The van der Waals surface area contributed by atoms with E-state index in [1.807, 2.05) is 17.3 Å². The van der Waals surface area contributed by atoms with Crippen molar-refractivity contribution in [2.45, 2.75) is 90.1 Å². The summed E-state index contributed by atoms with van der Waals surface area (Å²) in [5.41, 5.74) is -0.266. The summed E-state index contributed by atoms with van der Waals surface area (Å²) in [5.74, 6) is 0.387. The van der Waals surface area contributed by atoms with Gasteiger partial charge in [0, 0.05) is 23.5 Å². The number of hydrogen-bond donors (Lipinski definition) is 0. The van der Waals surface area contributed by atoms with Crippen molar-refractivity contribution in [1.29, 1.82) is 0 Å². The van der Waals surface area contributed by atoms with Crippen LogP contribution in [0.5, 0.6) is 0 Å². The van der Waals surface area contributed by atoms with Gasteiger partial charge in [-0.25, -0.2) is 0 Å². The molecule has 1 aliphatic heterocycles. The molecule has 4 nitrogen and oxygen atoms in total. The molecule has 0 unspecified atom stereocenters. The fourth-order valence-corrected chi connectivity index (χ4v) is 6.30. The summed E-state index contributed by atoms with van der Waals surface area (Å²) < 4.78 is 0. The van der Waals surface area contributed by atoms with Crippen LogP contribution in [0.1, 0.15) is 88.9 Å². The van der Waals surface area contributed by atoms with Gasteiger partial charge >= 0.3 is 0 Å². The van der Waals surface area contributed by atoms with Gasteiger partial charge in [-0.15, -0.1) is 0 Å². The van der Waals surface area contributed by atoms with Gasteiger partial charge in [-0.3, -0.25) is 14.5 Å². The van der Waals surface area contributed by atoms with Crippen LogP contribution in [0.4, 0.5) is 0 Å². The van der Waals surface area contributed by atoms with E-state index in [0.29, 0.717) is 34.4 Å². The minimum Gasteiger partial charge on any atom is -0.313 e. The minimum absolute atomic E-state index is 0.0812. The van der Waals surface area contributed by atoms with Crippen LogP contribution in [0, 0.1) is 11.3 Å². The van der Waals surface area contributed by atoms with E-state index in [1.165, 1.54) is 6.42 Å². The molecule has 1 aromatic carbocycles. The minimum atomic E-state index is -0.839. The molecule has 174 valence electrons. The first kappa shape index (κ1) is 23.6. The molecule has 2 saturated carbocycles. The predicted octanol–water partition coefficient (Wildman–Crippen LogP) is 7.06. The number of amides is 2. The molecule has 4 rings (SSSR count). The summed E-state index contributed by atoms with van der Waals surface area (Å²) in [6.07, 6.45) is 12.5. The largest absolute Gasteiger partial charge is 0.313 e. The van der Waals surface area contributed by atoms with Gasteiger partial charge in [0.25, 0.3) is 11.8 Å². The highest BCUT2D eigenvalue weighted by Crippen LogP contribution is 2.47. The van der Waals surface area contributed by atoms with Crippen LogP contribution < -0.4 is 0 Å². The van der Waals surface area contributed by atoms with Crippen molar-refractivity contribution in [2.75, 3.05) is 0 Å². The number of benzene rings is 1. The molecule has 0 N–H and O–H groups in total. The van der Waals surface area contributed by atoms with Crippen LogP contribution in [-0.2, 0) is 4.79 Å². The topological polar surface area (TPSA) is 40.6 Å². The van der Waals surface area contributed by atoms with Crippen LogP contribution in [0.2, 0.25) is 10.0 Å². The second-order valence-corrected chi connectivity index (χ2v) is 11.6. The lowest BCUT2D eigenvalue weighted by molar-refractivity contribution is -0.147. The number of carbonyl (C=O) groups excluding carboxylic acids is 2. The van der Waals surface area contributed by atoms with Gasteiger partial charge in [0.2, 0.25) is 0 Å². The lowest BCUT2D eigenvalue weighted by Crippen LogP contribution is -2.64. The summed E-state index contributed by atoms with van der Waals surface area (Å²) in [6.45, 7) is 6.80. The van der Waals surface area contributed by atoms with E-state index in [-0.39, 0.29) is 23.3 Å². The van der Waals surface area contributed by atoms with Gasteiger partial charge < -0.3 is 4.90 Å². The third-order valence-electron chi connectivity index (χ3n) is 7.86. The number of nitrogens with zero attached hydrogens (tertiary/aromatic N) is 2. The Labute approximate surface area is 201 Å². The highest BCUT2D eigenvalue weighted by Gasteiger charge is 2.53.